The fourth-order valence-electron chi connectivity index (χ4n) is 2.98. The Morgan fingerprint density at radius 1 is 1.39 bits per heavy atom. The van der Waals surface area contributed by atoms with Gasteiger partial charge in [-0.2, -0.15) is 0 Å². The van der Waals surface area contributed by atoms with Crippen molar-refractivity contribution >= 4 is 22.9 Å². The number of nitrogens with one attached hydrogen (secondary N) is 2. The molecule has 1 aliphatic rings. The summed E-state index contributed by atoms with van der Waals surface area (Å²) in [6, 6.07) is 9.80. The number of rotatable bonds is 4. The van der Waals surface area contributed by atoms with E-state index < -0.39 is 0 Å². The lowest BCUT2D eigenvalue weighted by atomic mass is 10.2. The van der Waals surface area contributed by atoms with Gasteiger partial charge in [0.1, 0.15) is 0 Å². The van der Waals surface area contributed by atoms with Crippen molar-refractivity contribution in [1.29, 1.82) is 0 Å². The molecular formula is C16H17N5O2. The van der Waals surface area contributed by atoms with Gasteiger partial charge in [0.15, 0.2) is 0 Å². The second-order valence-electron chi connectivity index (χ2n) is 5.66. The molecule has 1 fully saturated rings. The van der Waals surface area contributed by atoms with Gasteiger partial charge >= 0.3 is 0 Å². The van der Waals surface area contributed by atoms with E-state index in [0.29, 0.717) is 12.0 Å². The summed E-state index contributed by atoms with van der Waals surface area (Å²) in [6.07, 6.45) is 3.75. The minimum Gasteiger partial charge on any atom is -0.351 e. The zero-order valence-electron chi connectivity index (χ0n) is 12.5. The molecule has 1 amide bonds. The summed E-state index contributed by atoms with van der Waals surface area (Å²) < 4.78 is 6.95. The van der Waals surface area contributed by atoms with Crippen molar-refractivity contribution in [2.24, 2.45) is 0 Å². The first kappa shape index (κ1) is 14.0. The van der Waals surface area contributed by atoms with E-state index in [1.54, 1.807) is 0 Å². The fourth-order valence-corrected chi connectivity index (χ4v) is 2.98. The van der Waals surface area contributed by atoms with E-state index in [4.69, 9.17) is 4.52 Å². The van der Waals surface area contributed by atoms with Gasteiger partial charge < -0.3 is 14.4 Å². The number of fused-ring (bicyclic) bond motifs is 1. The van der Waals surface area contributed by atoms with Crippen LogP contribution in [-0.2, 0) is 6.54 Å². The maximum Gasteiger partial charge on any atom is 0.296 e. The van der Waals surface area contributed by atoms with Crippen molar-refractivity contribution in [3.05, 3.63) is 42.3 Å². The molecule has 1 unspecified atom stereocenters. The van der Waals surface area contributed by atoms with Crippen LogP contribution < -0.4 is 10.6 Å². The lowest BCUT2D eigenvalue weighted by Gasteiger charge is -2.14. The Hall–Kier alpha value is -2.67. The second kappa shape index (κ2) is 5.85. The van der Waals surface area contributed by atoms with Crippen LogP contribution in [0.5, 0.6) is 0 Å². The first-order chi connectivity index (χ1) is 11.3. The first-order valence-electron chi connectivity index (χ1n) is 7.72. The Kier molecular flexibility index (Phi) is 3.55. The molecule has 1 aliphatic heterocycles. The van der Waals surface area contributed by atoms with Crippen molar-refractivity contribution in [1.82, 2.24) is 20.0 Å². The molecule has 0 bridgehead atoms. The Balaban J connectivity index is 1.68. The lowest BCUT2D eigenvalue weighted by Crippen LogP contribution is -2.28. The number of benzene rings is 1. The minimum atomic E-state index is -0.349. The topological polar surface area (TPSA) is 85.0 Å². The molecule has 1 saturated heterocycles. The summed E-state index contributed by atoms with van der Waals surface area (Å²) in [6.45, 7) is 1.81. The highest BCUT2D eigenvalue weighted by Gasteiger charge is 2.20. The smallest absolute Gasteiger partial charge is 0.296 e. The summed E-state index contributed by atoms with van der Waals surface area (Å²) in [5, 5.41) is 9.87. The maximum absolute atomic E-state index is 12.2. The van der Waals surface area contributed by atoms with Gasteiger partial charge in [-0.25, -0.2) is 4.98 Å². The van der Waals surface area contributed by atoms with Crippen molar-refractivity contribution in [2.45, 2.75) is 25.4 Å². The monoisotopic (exact) mass is 311 g/mol. The van der Waals surface area contributed by atoms with E-state index in [-0.39, 0.29) is 11.7 Å². The van der Waals surface area contributed by atoms with Crippen LogP contribution in [0.15, 0.2) is 41.1 Å². The molecule has 7 nitrogen and oxygen atoms in total. The number of carbonyl (C=O) groups excluding carboxylic acids is 1. The predicted molar refractivity (Wildman–Crippen MR) is 85.2 cm³/mol. The van der Waals surface area contributed by atoms with E-state index in [1.165, 1.54) is 18.7 Å². The highest BCUT2D eigenvalue weighted by atomic mass is 16.5. The number of imidazole rings is 1. The summed E-state index contributed by atoms with van der Waals surface area (Å²) in [4.78, 5) is 16.8. The number of aromatic nitrogens is 3. The van der Waals surface area contributed by atoms with E-state index >= 15 is 0 Å². The van der Waals surface area contributed by atoms with Crippen LogP contribution in [0.4, 0.5) is 5.95 Å². The Labute approximate surface area is 132 Å². The fraction of sp³-hybridized carbons (Fsp3) is 0.312. The third kappa shape index (κ3) is 2.70. The zero-order valence-corrected chi connectivity index (χ0v) is 12.5. The molecule has 3 aromatic rings. The van der Waals surface area contributed by atoms with E-state index in [2.05, 4.69) is 20.8 Å². The lowest BCUT2D eigenvalue weighted by molar-refractivity contribution is 0.0986. The van der Waals surface area contributed by atoms with Crippen LogP contribution in [0.3, 0.4) is 0 Å². The predicted octanol–water partition coefficient (Wildman–Crippen LogP) is 2.03. The number of anilines is 1. The zero-order chi connectivity index (χ0) is 15.6. The average Bonchev–Trinajstić information content (AvgIpc) is 3.29. The number of nitrogens with zero attached hydrogens (tertiary/aromatic N) is 3. The normalized spacial score (nSPS) is 17.7. The molecule has 2 N–H and O–H groups in total. The SMILES string of the molecule is O=C(Nc1nc2ccccc2n1CC1CCCN1)c1ccno1. The van der Waals surface area contributed by atoms with Crippen LogP contribution in [-0.4, -0.2) is 33.2 Å². The van der Waals surface area contributed by atoms with Crippen molar-refractivity contribution in [3.63, 3.8) is 0 Å². The summed E-state index contributed by atoms with van der Waals surface area (Å²) in [7, 11) is 0. The van der Waals surface area contributed by atoms with Crippen LogP contribution in [0.1, 0.15) is 23.4 Å². The minimum absolute atomic E-state index is 0.169. The van der Waals surface area contributed by atoms with Gasteiger partial charge in [0, 0.05) is 18.7 Å². The molecule has 7 heteroatoms. The molecule has 0 spiro atoms. The Morgan fingerprint density at radius 2 is 2.30 bits per heavy atom. The van der Waals surface area contributed by atoms with E-state index in [9.17, 15) is 4.79 Å². The van der Waals surface area contributed by atoms with Crippen molar-refractivity contribution in [3.8, 4) is 0 Å². The van der Waals surface area contributed by atoms with Crippen LogP contribution in [0, 0.1) is 0 Å². The van der Waals surface area contributed by atoms with Gasteiger partial charge in [-0.15, -0.1) is 0 Å². The molecule has 0 aliphatic carbocycles. The Morgan fingerprint density at radius 3 is 3.09 bits per heavy atom. The van der Waals surface area contributed by atoms with Gasteiger partial charge in [0.05, 0.1) is 17.2 Å². The first-order valence-corrected chi connectivity index (χ1v) is 7.72. The molecule has 1 aromatic carbocycles. The van der Waals surface area contributed by atoms with Crippen molar-refractivity contribution < 1.29 is 9.32 Å². The molecule has 1 atom stereocenters. The highest BCUT2D eigenvalue weighted by Crippen LogP contribution is 2.22. The standard InChI is InChI=1S/C16H17N5O2/c22-15(14-7-9-18-23-14)20-16-19-12-5-1-2-6-13(12)21(16)10-11-4-3-8-17-11/h1-2,5-7,9,11,17H,3-4,8,10H2,(H,19,20,22). The third-order valence-electron chi connectivity index (χ3n) is 4.11. The quantitative estimate of drug-likeness (QED) is 0.770. The Bertz CT molecular complexity index is 818. The molecule has 2 aromatic heterocycles. The number of para-hydroxylation sites is 2. The van der Waals surface area contributed by atoms with E-state index in [0.717, 1.165) is 30.5 Å². The van der Waals surface area contributed by atoms with Crippen molar-refractivity contribution in [2.75, 3.05) is 11.9 Å². The highest BCUT2D eigenvalue weighted by molar-refractivity contribution is 6.02. The molecule has 23 heavy (non-hydrogen) atoms. The van der Waals surface area contributed by atoms with Gasteiger partial charge in [0.2, 0.25) is 11.7 Å². The van der Waals surface area contributed by atoms with E-state index in [1.807, 2.05) is 28.8 Å². The largest absolute Gasteiger partial charge is 0.351 e. The molecular weight excluding hydrogens is 294 g/mol. The number of hydrogen-bond donors (Lipinski definition) is 2. The number of carbonyl (C=O) groups is 1. The molecule has 118 valence electrons. The van der Waals surface area contributed by atoms with Crippen LogP contribution in [0.25, 0.3) is 11.0 Å². The number of hydrogen-bond acceptors (Lipinski definition) is 5. The summed E-state index contributed by atoms with van der Waals surface area (Å²) in [5.41, 5.74) is 1.87. The van der Waals surface area contributed by atoms with Gasteiger partial charge in [-0.1, -0.05) is 17.3 Å². The van der Waals surface area contributed by atoms with Gasteiger partial charge in [-0.3, -0.25) is 10.1 Å². The second-order valence-corrected chi connectivity index (χ2v) is 5.66. The van der Waals surface area contributed by atoms with Gasteiger partial charge in [0.25, 0.3) is 5.91 Å². The van der Waals surface area contributed by atoms with Crippen LogP contribution >= 0.6 is 0 Å². The molecule has 0 radical (unpaired) electrons. The number of amides is 1. The van der Waals surface area contributed by atoms with Crippen LogP contribution in [0.2, 0.25) is 0 Å². The molecule has 3 heterocycles. The summed E-state index contributed by atoms with van der Waals surface area (Å²) >= 11 is 0. The molecule has 4 rings (SSSR count). The third-order valence-corrected chi connectivity index (χ3v) is 4.11. The maximum atomic E-state index is 12.2. The summed E-state index contributed by atoms with van der Waals surface area (Å²) in [5.74, 6) is 0.349. The van der Waals surface area contributed by atoms with Gasteiger partial charge in [-0.05, 0) is 31.5 Å². The average molecular weight is 311 g/mol. The molecule has 0 saturated carbocycles.